The van der Waals surface area contributed by atoms with Crippen LogP contribution in [0, 0.1) is 0 Å². The van der Waals surface area contributed by atoms with E-state index in [1.807, 2.05) is 17.5 Å². The van der Waals surface area contributed by atoms with Crippen molar-refractivity contribution in [2.75, 3.05) is 26.2 Å². The number of rotatable bonds is 5. The molecule has 1 aliphatic heterocycles. The summed E-state index contributed by atoms with van der Waals surface area (Å²) in [5, 5.41) is 9.52. The first-order valence-corrected chi connectivity index (χ1v) is 11.4. The number of nitrogens with zero attached hydrogens (tertiary/aromatic N) is 6. The van der Waals surface area contributed by atoms with Gasteiger partial charge in [-0.05, 0) is 41.8 Å². The van der Waals surface area contributed by atoms with Crippen molar-refractivity contribution >= 4 is 17.2 Å². The zero-order chi connectivity index (χ0) is 23.7. The third-order valence-corrected chi connectivity index (χ3v) is 6.35. The largest absolute Gasteiger partial charge is 0.435 e. The van der Waals surface area contributed by atoms with Gasteiger partial charge in [0.1, 0.15) is 0 Å². The molecule has 0 aliphatic carbocycles. The Morgan fingerprint density at radius 3 is 2.47 bits per heavy atom. The molecule has 0 bridgehead atoms. The van der Waals surface area contributed by atoms with Crippen molar-refractivity contribution in [3.05, 3.63) is 71.2 Å². The fraction of sp³-hybridized carbons (Fsp3) is 0.273. The molecule has 34 heavy (non-hydrogen) atoms. The normalized spacial score (nSPS) is 15.1. The van der Waals surface area contributed by atoms with E-state index in [-0.39, 0.29) is 5.91 Å². The molecule has 1 saturated heterocycles. The van der Waals surface area contributed by atoms with Crippen molar-refractivity contribution in [1.82, 2.24) is 29.7 Å². The molecule has 0 atom stereocenters. The van der Waals surface area contributed by atoms with Crippen LogP contribution in [0.3, 0.4) is 0 Å². The summed E-state index contributed by atoms with van der Waals surface area (Å²) in [6.45, 7) is 2.92. The molecular formula is C22H19F3N6O2S. The molecule has 4 heterocycles. The second-order valence-corrected chi connectivity index (χ2v) is 8.70. The predicted octanol–water partition coefficient (Wildman–Crippen LogP) is 3.96. The lowest BCUT2D eigenvalue weighted by atomic mass is 10.1. The first-order chi connectivity index (χ1) is 16.4. The van der Waals surface area contributed by atoms with E-state index in [1.165, 1.54) is 6.20 Å². The fourth-order valence-corrected chi connectivity index (χ4v) is 4.33. The molecule has 176 valence electrons. The van der Waals surface area contributed by atoms with E-state index in [0.29, 0.717) is 55.7 Å². The van der Waals surface area contributed by atoms with Crippen LogP contribution in [0.25, 0.3) is 16.4 Å². The Kier molecular flexibility index (Phi) is 5.92. The SMILES string of the molecule is O=C(c1ccc(-n2ccc(C(F)(F)F)n2)cc1)N1CCN(Cc2nc(-c3cccs3)no2)CC1. The first kappa shape index (κ1) is 22.3. The van der Waals surface area contributed by atoms with Crippen LogP contribution in [0.5, 0.6) is 0 Å². The van der Waals surface area contributed by atoms with E-state index in [9.17, 15) is 18.0 Å². The number of amides is 1. The number of aromatic nitrogens is 4. The number of piperazine rings is 1. The molecule has 4 aromatic rings. The Morgan fingerprint density at radius 2 is 1.82 bits per heavy atom. The highest BCUT2D eigenvalue weighted by Crippen LogP contribution is 2.28. The van der Waals surface area contributed by atoms with Crippen molar-refractivity contribution in [2.45, 2.75) is 12.7 Å². The molecule has 1 aromatic carbocycles. The zero-order valence-electron chi connectivity index (χ0n) is 17.8. The molecule has 1 fully saturated rings. The van der Waals surface area contributed by atoms with Gasteiger partial charge in [0.15, 0.2) is 5.69 Å². The molecule has 0 spiro atoms. The van der Waals surface area contributed by atoms with Crippen LogP contribution in [0.4, 0.5) is 13.2 Å². The van der Waals surface area contributed by atoms with Gasteiger partial charge in [-0.15, -0.1) is 11.3 Å². The van der Waals surface area contributed by atoms with Crippen molar-refractivity contribution in [3.63, 3.8) is 0 Å². The van der Waals surface area contributed by atoms with Crippen molar-refractivity contribution in [3.8, 4) is 16.4 Å². The fourth-order valence-electron chi connectivity index (χ4n) is 3.68. The maximum atomic E-state index is 12.9. The van der Waals surface area contributed by atoms with E-state index in [1.54, 1.807) is 40.5 Å². The molecular weight excluding hydrogens is 469 g/mol. The van der Waals surface area contributed by atoms with Gasteiger partial charge in [0.25, 0.3) is 5.91 Å². The van der Waals surface area contributed by atoms with E-state index in [4.69, 9.17) is 4.52 Å². The van der Waals surface area contributed by atoms with Crippen molar-refractivity contribution in [1.29, 1.82) is 0 Å². The second-order valence-electron chi connectivity index (χ2n) is 7.75. The maximum absolute atomic E-state index is 12.9. The van der Waals surface area contributed by atoms with Crippen LogP contribution in [0.2, 0.25) is 0 Å². The Labute approximate surface area is 196 Å². The summed E-state index contributed by atoms with van der Waals surface area (Å²) in [6.07, 6.45) is -3.26. The number of benzene rings is 1. The number of carbonyl (C=O) groups is 1. The molecule has 5 rings (SSSR count). The summed E-state index contributed by atoms with van der Waals surface area (Å²) in [4.78, 5) is 22.2. The molecule has 1 amide bonds. The van der Waals surface area contributed by atoms with Gasteiger partial charge in [0, 0.05) is 37.9 Å². The van der Waals surface area contributed by atoms with Gasteiger partial charge >= 0.3 is 6.18 Å². The van der Waals surface area contributed by atoms with Crippen LogP contribution < -0.4 is 0 Å². The molecule has 12 heteroatoms. The van der Waals surface area contributed by atoms with Crippen molar-refractivity contribution in [2.24, 2.45) is 0 Å². The molecule has 8 nitrogen and oxygen atoms in total. The van der Waals surface area contributed by atoms with Crippen molar-refractivity contribution < 1.29 is 22.5 Å². The Morgan fingerprint density at radius 1 is 1.06 bits per heavy atom. The topological polar surface area (TPSA) is 80.3 Å². The lowest BCUT2D eigenvalue weighted by Gasteiger charge is -2.34. The van der Waals surface area contributed by atoms with Gasteiger partial charge < -0.3 is 9.42 Å². The Hall–Kier alpha value is -3.51. The highest BCUT2D eigenvalue weighted by Gasteiger charge is 2.33. The number of hydrogen-bond donors (Lipinski definition) is 0. The Bertz CT molecular complexity index is 1260. The summed E-state index contributed by atoms with van der Waals surface area (Å²) in [5.41, 5.74) is -0.0509. The standard InChI is InChI=1S/C22H19F3N6O2S/c23-22(24,25)18-7-8-31(27-18)16-5-3-15(4-6-16)21(32)30-11-9-29(10-12-30)14-19-26-20(28-33-19)17-2-1-13-34-17/h1-8,13H,9-12,14H2. The third-order valence-electron chi connectivity index (χ3n) is 5.49. The van der Waals surface area contributed by atoms with Crippen LogP contribution in [-0.2, 0) is 12.7 Å². The maximum Gasteiger partial charge on any atom is 0.435 e. The number of halogens is 3. The van der Waals surface area contributed by atoms with E-state index in [2.05, 4.69) is 20.1 Å². The molecule has 0 saturated carbocycles. The van der Waals surface area contributed by atoms with Gasteiger partial charge in [-0.1, -0.05) is 11.2 Å². The average Bonchev–Trinajstić information content (AvgIpc) is 3.60. The molecule has 3 aromatic heterocycles. The van der Waals surface area contributed by atoms with Crippen LogP contribution >= 0.6 is 11.3 Å². The van der Waals surface area contributed by atoms with Gasteiger partial charge in [-0.3, -0.25) is 9.69 Å². The van der Waals surface area contributed by atoms with E-state index >= 15 is 0 Å². The minimum Gasteiger partial charge on any atom is -0.338 e. The summed E-state index contributed by atoms with van der Waals surface area (Å²) in [6, 6.07) is 11.1. The molecule has 0 N–H and O–H groups in total. The summed E-state index contributed by atoms with van der Waals surface area (Å²) < 4.78 is 44.8. The third kappa shape index (κ3) is 4.73. The highest BCUT2D eigenvalue weighted by molar-refractivity contribution is 7.13. The molecule has 0 unspecified atom stereocenters. The molecule has 0 radical (unpaired) electrons. The molecule has 1 aliphatic rings. The van der Waals surface area contributed by atoms with Gasteiger partial charge in [0.05, 0.1) is 17.1 Å². The average molecular weight is 488 g/mol. The minimum atomic E-state index is -4.50. The van der Waals surface area contributed by atoms with E-state index in [0.717, 1.165) is 15.6 Å². The summed E-state index contributed by atoms with van der Waals surface area (Å²) in [5.74, 6) is 0.985. The first-order valence-electron chi connectivity index (χ1n) is 10.5. The number of alkyl halides is 3. The van der Waals surface area contributed by atoms with E-state index < -0.39 is 11.9 Å². The van der Waals surface area contributed by atoms with Gasteiger partial charge in [0.2, 0.25) is 11.7 Å². The monoisotopic (exact) mass is 488 g/mol. The van der Waals surface area contributed by atoms with Crippen LogP contribution in [0.15, 0.2) is 58.6 Å². The smallest absolute Gasteiger partial charge is 0.338 e. The number of hydrogen-bond acceptors (Lipinski definition) is 7. The van der Waals surface area contributed by atoms with Gasteiger partial charge in [-0.25, -0.2) is 4.68 Å². The lowest BCUT2D eigenvalue weighted by Crippen LogP contribution is -2.48. The highest BCUT2D eigenvalue weighted by atomic mass is 32.1. The summed E-state index contributed by atoms with van der Waals surface area (Å²) >= 11 is 1.55. The lowest BCUT2D eigenvalue weighted by molar-refractivity contribution is -0.141. The minimum absolute atomic E-state index is 0.125. The summed E-state index contributed by atoms with van der Waals surface area (Å²) in [7, 11) is 0. The predicted molar refractivity (Wildman–Crippen MR) is 117 cm³/mol. The quantitative estimate of drug-likeness (QED) is 0.423. The second kappa shape index (κ2) is 9.03. The zero-order valence-corrected chi connectivity index (χ0v) is 18.6. The number of thiophene rings is 1. The Balaban J connectivity index is 1.16. The van der Waals surface area contributed by atoms with Gasteiger partial charge in [-0.2, -0.15) is 23.3 Å². The van der Waals surface area contributed by atoms with Crippen LogP contribution in [-0.4, -0.2) is 61.8 Å². The number of carbonyl (C=O) groups excluding carboxylic acids is 1. The van der Waals surface area contributed by atoms with Crippen LogP contribution in [0.1, 0.15) is 21.9 Å².